The largest absolute Gasteiger partial charge is 0.383 e. The smallest absolute Gasteiger partial charge is 0.206 e. The molecule has 1 fully saturated rings. The molecule has 0 aromatic rings. The summed E-state index contributed by atoms with van der Waals surface area (Å²) in [7, 11) is 1.68. The summed E-state index contributed by atoms with van der Waals surface area (Å²) in [4.78, 5) is 4.40. The van der Waals surface area contributed by atoms with Gasteiger partial charge < -0.3 is 10.1 Å². The number of hydrogen-bond acceptors (Lipinski definition) is 3. The minimum atomic E-state index is 0.212. The average Bonchev–Trinajstić information content (AvgIpc) is 2.20. The monoisotopic (exact) mass is 228 g/mol. The summed E-state index contributed by atoms with van der Waals surface area (Å²) in [6.07, 6.45) is 5.30. The van der Waals surface area contributed by atoms with E-state index in [1.54, 1.807) is 7.11 Å². The third-order valence-corrected chi connectivity index (χ3v) is 2.97. The van der Waals surface area contributed by atoms with E-state index >= 15 is 0 Å². The van der Waals surface area contributed by atoms with E-state index in [1.807, 2.05) is 6.92 Å². The summed E-state index contributed by atoms with van der Waals surface area (Å²) in [6, 6.07) is 0.212. The van der Waals surface area contributed by atoms with Crippen LogP contribution in [-0.4, -0.2) is 32.3 Å². The number of nitrogens with one attached hydrogen (secondary N) is 2. The lowest BCUT2D eigenvalue weighted by molar-refractivity contribution is 0.179. The first-order valence-corrected chi connectivity index (χ1v) is 6.02. The predicted molar refractivity (Wildman–Crippen MR) is 66.1 cm³/mol. The van der Waals surface area contributed by atoms with Crippen molar-refractivity contribution in [3.05, 3.63) is 0 Å². The van der Waals surface area contributed by atoms with E-state index in [9.17, 15) is 0 Å². The molecule has 4 N–H and O–H groups in total. The van der Waals surface area contributed by atoms with Crippen molar-refractivity contribution in [1.29, 1.82) is 0 Å². The van der Waals surface area contributed by atoms with Crippen LogP contribution in [0.1, 0.15) is 32.6 Å². The fraction of sp³-hybridized carbons (Fsp3) is 0.909. The molecule has 1 saturated carbocycles. The van der Waals surface area contributed by atoms with Gasteiger partial charge in [-0.25, -0.2) is 5.84 Å². The number of methoxy groups -OCH3 is 1. The van der Waals surface area contributed by atoms with E-state index < -0.39 is 0 Å². The van der Waals surface area contributed by atoms with Crippen LogP contribution >= 0.6 is 0 Å². The Morgan fingerprint density at radius 3 is 2.81 bits per heavy atom. The van der Waals surface area contributed by atoms with Crippen LogP contribution in [0.5, 0.6) is 0 Å². The van der Waals surface area contributed by atoms with Crippen LogP contribution in [-0.2, 0) is 4.74 Å². The number of nitrogens with zero attached hydrogens (tertiary/aromatic N) is 1. The number of ether oxygens (including phenoxy) is 1. The SMILES string of the molecule is COCC(C)NC(=NCCC1CCC1)NN. The molecule has 0 bridgehead atoms. The average molecular weight is 228 g/mol. The van der Waals surface area contributed by atoms with Gasteiger partial charge in [0.1, 0.15) is 0 Å². The molecule has 5 heteroatoms. The molecule has 1 atom stereocenters. The van der Waals surface area contributed by atoms with Crippen molar-refractivity contribution < 1.29 is 4.74 Å². The van der Waals surface area contributed by atoms with Crippen molar-refractivity contribution in [1.82, 2.24) is 10.7 Å². The fourth-order valence-electron chi connectivity index (χ4n) is 1.80. The number of hydrazine groups is 1. The molecule has 0 radical (unpaired) electrons. The maximum Gasteiger partial charge on any atom is 0.206 e. The Morgan fingerprint density at radius 1 is 1.56 bits per heavy atom. The Hall–Kier alpha value is -0.810. The number of nitrogens with two attached hydrogens (primary N) is 1. The van der Waals surface area contributed by atoms with Crippen LogP contribution < -0.4 is 16.6 Å². The number of rotatable bonds is 6. The lowest BCUT2D eigenvalue weighted by atomic mass is 9.83. The second-order valence-corrected chi connectivity index (χ2v) is 4.46. The van der Waals surface area contributed by atoms with Gasteiger partial charge in [0, 0.05) is 19.7 Å². The summed E-state index contributed by atoms with van der Waals surface area (Å²) < 4.78 is 5.03. The molecule has 0 saturated heterocycles. The van der Waals surface area contributed by atoms with Crippen molar-refractivity contribution >= 4 is 5.96 Å². The highest BCUT2D eigenvalue weighted by molar-refractivity contribution is 5.79. The molecule has 16 heavy (non-hydrogen) atoms. The highest BCUT2D eigenvalue weighted by Gasteiger charge is 2.16. The van der Waals surface area contributed by atoms with E-state index in [1.165, 1.54) is 25.7 Å². The number of aliphatic imine (C=N–C) groups is 1. The van der Waals surface area contributed by atoms with E-state index in [2.05, 4.69) is 15.7 Å². The van der Waals surface area contributed by atoms with Gasteiger partial charge in [0.05, 0.1) is 6.61 Å². The third kappa shape index (κ3) is 4.81. The molecule has 1 aliphatic rings. The van der Waals surface area contributed by atoms with Gasteiger partial charge in [0.15, 0.2) is 0 Å². The first-order chi connectivity index (χ1) is 7.76. The van der Waals surface area contributed by atoms with Crippen LogP contribution in [0, 0.1) is 5.92 Å². The topological polar surface area (TPSA) is 71.7 Å². The second kappa shape index (κ2) is 7.46. The molecule has 0 heterocycles. The molecule has 5 nitrogen and oxygen atoms in total. The van der Waals surface area contributed by atoms with Crippen LogP contribution in [0.25, 0.3) is 0 Å². The van der Waals surface area contributed by atoms with Crippen LogP contribution in [0.2, 0.25) is 0 Å². The molecule has 0 aromatic carbocycles. The van der Waals surface area contributed by atoms with E-state index in [-0.39, 0.29) is 6.04 Å². The van der Waals surface area contributed by atoms with Crippen molar-refractivity contribution in [3.63, 3.8) is 0 Å². The lowest BCUT2D eigenvalue weighted by Gasteiger charge is -2.24. The molecule has 1 aliphatic carbocycles. The Balaban J connectivity index is 2.19. The van der Waals surface area contributed by atoms with Gasteiger partial charge >= 0.3 is 0 Å². The van der Waals surface area contributed by atoms with Gasteiger partial charge in [0.2, 0.25) is 5.96 Å². The molecule has 0 aromatic heterocycles. The Bertz CT molecular complexity index is 216. The highest BCUT2D eigenvalue weighted by atomic mass is 16.5. The molecular formula is C11H24N4O. The summed E-state index contributed by atoms with van der Waals surface area (Å²) in [5, 5.41) is 3.17. The zero-order valence-corrected chi connectivity index (χ0v) is 10.3. The van der Waals surface area contributed by atoms with Gasteiger partial charge in [-0.2, -0.15) is 0 Å². The summed E-state index contributed by atoms with van der Waals surface area (Å²) in [6.45, 7) is 3.52. The quantitative estimate of drug-likeness (QED) is 0.270. The van der Waals surface area contributed by atoms with Gasteiger partial charge in [0.25, 0.3) is 0 Å². The van der Waals surface area contributed by atoms with Crippen LogP contribution in [0.3, 0.4) is 0 Å². The first-order valence-electron chi connectivity index (χ1n) is 6.02. The van der Waals surface area contributed by atoms with Crippen LogP contribution in [0.15, 0.2) is 4.99 Å². The van der Waals surface area contributed by atoms with Crippen LogP contribution in [0.4, 0.5) is 0 Å². The highest BCUT2D eigenvalue weighted by Crippen LogP contribution is 2.28. The Kier molecular flexibility index (Phi) is 6.18. The van der Waals surface area contributed by atoms with Gasteiger partial charge in [-0.15, -0.1) is 0 Å². The van der Waals surface area contributed by atoms with E-state index in [4.69, 9.17) is 10.6 Å². The maximum absolute atomic E-state index is 5.40. The minimum absolute atomic E-state index is 0.212. The summed E-state index contributed by atoms with van der Waals surface area (Å²) in [5.74, 6) is 6.94. The standard InChI is InChI=1S/C11H24N4O/c1-9(8-16-2)14-11(15-12)13-7-6-10-4-3-5-10/h9-10H,3-8,12H2,1-2H3,(H2,13,14,15). The lowest BCUT2D eigenvalue weighted by Crippen LogP contribution is -2.47. The maximum atomic E-state index is 5.40. The molecule has 0 amide bonds. The van der Waals surface area contributed by atoms with Gasteiger partial charge in [-0.05, 0) is 19.3 Å². The van der Waals surface area contributed by atoms with E-state index in [0.29, 0.717) is 12.6 Å². The normalized spacial score (nSPS) is 19.1. The number of guanidine groups is 1. The van der Waals surface area contributed by atoms with Crippen molar-refractivity contribution in [3.8, 4) is 0 Å². The molecule has 0 spiro atoms. The summed E-state index contributed by atoms with van der Waals surface area (Å²) in [5.41, 5.74) is 2.58. The Morgan fingerprint density at radius 2 is 2.31 bits per heavy atom. The Labute approximate surface area is 97.8 Å². The number of hydrogen-bond donors (Lipinski definition) is 3. The van der Waals surface area contributed by atoms with Gasteiger partial charge in [-0.1, -0.05) is 19.3 Å². The van der Waals surface area contributed by atoms with E-state index in [0.717, 1.165) is 12.5 Å². The molecular weight excluding hydrogens is 204 g/mol. The third-order valence-electron chi connectivity index (χ3n) is 2.97. The second-order valence-electron chi connectivity index (χ2n) is 4.46. The summed E-state index contributed by atoms with van der Waals surface area (Å²) >= 11 is 0. The first kappa shape index (κ1) is 13.3. The molecule has 0 aliphatic heterocycles. The zero-order valence-electron chi connectivity index (χ0n) is 10.3. The zero-order chi connectivity index (χ0) is 11.8. The van der Waals surface area contributed by atoms with Crippen molar-refractivity contribution in [2.75, 3.05) is 20.3 Å². The fourth-order valence-corrected chi connectivity index (χ4v) is 1.80. The minimum Gasteiger partial charge on any atom is -0.383 e. The van der Waals surface area contributed by atoms with Gasteiger partial charge in [-0.3, -0.25) is 10.4 Å². The molecule has 1 rings (SSSR count). The van der Waals surface area contributed by atoms with Crippen molar-refractivity contribution in [2.24, 2.45) is 16.8 Å². The molecule has 1 unspecified atom stereocenters. The predicted octanol–water partition coefficient (Wildman–Crippen LogP) is 0.620. The molecule has 94 valence electrons. The van der Waals surface area contributed by atoms with Crippen molar-refractivity contribution in [2.45, 2.75) is 38.6 Å².